The van der Waals surface area contributed by atoms with Crippen molar-refractivity contribution < 1.29 is 4.79 Å². The molecule has 0 bridgehead atoms. The van der Waals surface area contributed by atoms with Gasteiger partial charge in [-0.2, -0.15) is 0 Å². The van der Waals surface area contributed by atoms with E-state index in [2.05, 4.69) is 27.8 Å². The Hall–Kier alpha value is -1.69. The molecule has 0 saturated heterocycles. The van der Waals surface area contributed by atoms with E-state index in [9.17, 15) is 4.79 Å². The molecule has 1 unspecified atom stereocenters. The molecule has 0 spiro atoms. The van der Waals surface area contributed by atoms with Crippen LogP contribution in [0.15, 0.2) is 6.07 Å². The highest BCUT2D eigenvalue weighted by Crippen LogP contribution is 2.33. The van der Waals surface area contributed by atoms with Gasteiger partial charge in [-0.25, -0.2) is 0 Å². The lowest BCUT2D eigenvalue weighted by Gasteiger charge is -2.27. The first-order valence-corrected chi connectivity index (χ1v) is 8.73. The van der Waals surface area contributed by atoms with Gasteiger partial charge >= 0.3 is 0 Å². The van der Waals surface area contributed by atoms with Crippen LogP contribution in [0.2, 0.25) is 0 Å². The lowest BCUT2D eigenvalue weighted by Crippen LogP contribution is -2.38. The zero-order chi connectivity index (χ0) is 15.3. The van der Waals surface area contributed by atoms with Crippen molar-refractivity contribution in [2.75, 3.05) is 6.54 Å². The van der Waals surface area contributed by atoms with Crippen LogP contribution in [-0.2, 0) is 25.9 Å². The third-order valence-corrected chi connectivity index (χ3v) is 5.99. The van der Waals surface area contributed by atoms with Crippen molar-refractivity contribution in [1.82, 2.24) is 19.7 Å². The van der Waals surface area contributed by atoms with Gasteiger partial charge in [0.05, 0.1) is 11.4 Å². The molecular weight excluding hydrogens is 296 g/mol. The van der Waals surface area contributed by atoms with E-state index in [0.29, 0.717) is 6.54 Å². The maximum absolute atomic E-state index is 12.8. The fourth-order valence-corrected chi connectivity index (χ4v) is 4.62. The molecule has 3 heterocycles. The minimum Gasteiger partial charge on any atom is -0.329 e. The molecule has 0 saturated carbocycles. The zero-order valence-electron chi connectivity index (χ0n) is 13.0. The fourth-order valence-electron chi connectivity index (χ4n) is 3.44. The van der Waals surface area contributed by atoms with Gasteiger partial charge in [0.15, 0.2) is 5.82 Å². The summed E-state index contributed by atoms with van der Waals surface area (Å²) in [5.41, 5.74) is 1.39. The normalized spacial score (nSPS) is 20.6. The summed E-state index contributed by atoms with van der Waals surface area (Å²) in [6.07, 6.45) is 3.49. The topological polar surface area (TPSA) is 51.0 Å². The van der Waals surface area contributed by atoms with Crippen molar-refractivity contribution >= 4 is 17.2 Å². The Balaban J connectivity index is 1.55. The van der Waals surface area contributed by atoms with Crippen molar-refractivity contribution in [3.8, 4) is 0 Å². The summed E-state index contributed by atoms with van der Waals surface area (Å²) in [4.78, 5) is 17.0. The van der Waals surface area contributed by atoms with E-state index in [-0.39, 0.29) is 5.91 Å². The number of thiophene rings is 1. The van der Waals surface area contributed by atoms with Crippen molar-refractivity contribution in [1.29, 1.82) is 0 Å². The number of rotatable bonds is 1. The molecule has 0 aromatic carbocycles. The Labute approximate surface area is 134 Å². The number of carbonyl (C=O) groups excluding carboxylic acids is 1. The fraction of sp³-hybridized carbons (Fsp3) is 0.562. The lowest BCUT2D eigenvalue weighted by atomic mass is 9.90. The number of amides is 1. The summed E-state index contributed by atoms with van der Waals surface area (Å²) in [6, 6.07) is 2.13. The largest absolute Gasteiger partial charge is 0.329 e. The van der Waals surface area contributed by atoms with Crippen LogP contribution in [-0.4, -0.2) is 32.1 Å². The summed E-state index contributed by atoms with van der Waals surface area (Å²) >= 11 is 1.69. The molecule has 116 valence electrons. The third-order valence-electron chi connectivity index (χ3n) is 4.77. The van der Waals surface area contributed by atoms with E-state index < -0.39 is 0 Å². The Bertz CT molecular complexity index is 733. The maximum atomic E-state index is 12.8. The minimum absolute atomic E-state index is 0.152. The predicted octanol–water partition coefficient (Wildman–Crippen LogP) is 2.43. The second-order valence-corrected chi connectivity index (χ2v) is 7.59. The summed E-state index contributed by atoms with van der Waals surface area (Å²) in [5.74, 6) is 2.72. The number of hydrogen-bond acceptors (Lipinski definition) is 4. The summed E-state index contributed by atoms with van der Waals surface area (Å²) in [5, 5.41) is 8.28. The third kappa shape index (κ3) is 2.26. The molecule has 0 radical (unpaired) electrons. The molecule has 0 fully saturated rings. The van der Waals surface area contributed by atoms with Crippen molar-refractivity contribution in [3.63, 3.8) is 0 Å². The van der Waals surface area contributed by atoms with Crippen molar-refractivity contribution in [2.45, 2.75) is 46.2 Å². The van der Waals surface area contributed by atoms with E-state index in [1.165, 1.54) is 16.9 Å². The molecule has 2 aromatic heterocycles. The van der Waals surface area contributed by atoms with E-state index in [1.54, 1.807) is 11.3 Å². The van der Waals surface area contributed by atoms with E-state index in [0.717, 1.165) is 48.4 Å². The van der Waals surface area contributed by atoms with Gasteiger partial charge in [-0.1, -0.05) is 6.92 Å². The lowest BCUT2D eigenvalue weighted by molar-refractivity contribution is 0.0711. The van der Waals surface area contributed by atoms with E-state index >= 15 is 0 Å². The molecule has 2 aliphatic rings. The first-order valence-electron chi connectivity index (χ1n) is 7.91. The molecule has 5 nitrogen and oxygen atoms in total. The molecule has 2 aromatic rings. The molecule has 1 atom stereocenters. The maximum Gasteiger partial charge on any atom is 0.264 e. The van der Waals surface area contributed by atoms with Crippen LogP contribution in [0.25, 0.3) is 0 Å². The van der Waals surface area contributed by atoms with Gasteiger partial charge in [0.1, 0.15) is 5.82 Å². The van der Waals surface area contributed by atoms with Crippen molar-refractivity contribution in [3.05, 3.63) is 33.0 Å². The second-order valence-electron chi connectivity index (χ2n) is 6.45. The Morgan fingerprint density at radius 1 is 1.36 bits per heavy atom. The second kappa shape index (κ2) is 5.19. The van der Waals surface area contributed by atoms with Crippen LogP contribution >= 0.6 is 11.3 Å². The molecule has 22 heavy (non-hydrogen) atoms. The zero-order valence-corrected chi connectivity index (χ0v) is 13.8. The summed E-state index contributed by atoms with van der Waals surface area (Å²) in [7, 11) is 0. The van der Waals surface area contributed by atoms with Gasteiger partial charge in [0.25, 0.3) is 5.91 Å². The highest BCUT2D eigenvalue weighted by atomic mass is 32.1. The number of carbonyl (C=O) groups is 1. The Morgan fingerprint density at radius 2 is 2.23 bits per heavy atom. The van der Waals surface area contributed by atoms with Crippen LogP contribution in [0.4, 0.5) is 0 Å². The predicted molar refractivity (Wildman–Crippen MR) is 85.0 cm³/mol. The number of nitrogens with zero attached hydrogens (tertiary/aromatic N) is 4. The molecule has 1 aliphatic heterocycles. The van der Waals surface area contributed by atoms with Gasteiger partial charge in [0, 0.05) is 18.0 Å². The van der Waals surface area contributed by atoms with Gasteiger partial charge in [-0.15, -0.1) is 21.5 Å². The first kappa shape index (κ1) is 13.9. The van der Waals surface area contributed by atoms with Crippen LogP contribution in [0.3, 0.4) is 0 Å². The van der Waals surface area contributed by atoms with Gasteiger partial charge in [-0.3, -0.25) is 4.79 Å². The molecule has 6 heteroatoms. The van der Waals surface area contributed by atoms with Crippen LogP contribution in [0.1, 0.15) is 45.1 Å². The number of fused-ring (bicyclic) bond motifs is 2. The van der Waals surface area contributed by atoms with E-state index in [4.69, 9.17) is 0 Å². The Morgan fingerprint density at radius 3 is 3.09 bits per heavy atom. The molecular formula is C16H20N4OS. The average Bonchev–Trinajstić information content (AvgIpc) is 3.09. The SMILES string of the molecule is Cc1nnc2n1CCN(C(=O)c1cc3c(s1)CCC(C)C3)C2. The number of aromatic nitrogens is 3. The van der Waals surface area contributed by atoms with Crippen LogP contribution < -0.4 is 0 Å². The molecule has 1 amide bonds. The highest BCUT2D eigenvalue weighted by Gasteiger charge is 2.27. The summed E-state index contributed by atoms with van der Waals surface area (Å²) in [6.45, 7) is 6.36. The molecule has 4 rings (SSSR count). The first-order chi connectivity index (χ1) is 10.6. The quantitative estimate of drug-likeness (QED) is 0.812. The van der Waals surface area contributed by atoms with Gasteiger partial charge in [-0.05, 0) is 43.7 Å². The van der Waals surface area contributed by atoms with Crippen LogP contribution in [0.5, 0.6) is 0 Å². The average molecular weight is 316 g/mol. The van der Waals surface area contributed by atoms with Gasteiger partial charge in [0.2, 0.25) is 0 Å². The van der Waals surface area contributed by atoms with E-state index in [1.807, 2.05) is 11.8 Å². The highest BCUT2D eigenvalue weighted by molar-refractivity contribution is 7.14. The summed E-state index contributed by atoms with van der Waals surface area (Å²) < 4.78 is 2.10. The monoisotopic (exact) mass is 316 g/mol. The molecule has 1 aliphatic carbocycles. The van der Waals surface area contributed by atoms with Crippen molar-refractivity contribution in [2.24, 2.45) is 5.92 Å². The minimum atomic E-state index is 0.152. The number of aryl methyl sites for hydroxylation is 2. The standard InChI is InChI=1S/C16H20N4OS/c1-10-3-4-13-12(7-10)8-14(22-13)16(21)19-5-6-20-11(2)17-18-15(20)9-19/h8,10H,3-7,9H2,1-2H3. The van der Waals surface area contributed by atoms with Crippen LogP contribution in [0, 0.1) is 12.8 Å². The number of hydrogen-bond donors (Lipinski definition) is 0. The smallest absolute Gasteiger partial charge is 0.264 e. The van der Waals surface area contributed by atoms with Gasteiger partial charge < -0.3 is 9.47 Å². The molecule has 0 N–H and O–H groups in total. The Kier molecular flexibility index (Phi) is 3.29.